The Balaban J connectivity index is 2.92. The molecule has 130 valence electrons. The van der Waals surface area contributed by atoms with E-state index in [1.165, 1.54) is 0 Å². The second kappa shape index (κ2) is 9.88. The van der Waals surface area contributed by atoms with Gasteiger partial charge in [-0.2, -0.15) is 0 Å². The number of ether oxygens (including phenoxy) is 2. The summed E-state index contributed by atoms with van der Waals surface area (Å²) in [7, 11) is 1.77. The molecule has 0 spiro atoms. The van der Waals surface area contributed by atoms with Gasteiger partial charge in [-0.15, -0.1) is 0 Å². The fourth-order valence-electron chi connectivity index (χ4n) is 2.11. The van der Waals surface area contributed by atoms with Crippen molar-refractivity contribution in [3.63, 3.8) is 0 Å². The maximum atomic E-state index is 5.89. The number of hydrogen-bond acceptors (Lipinski definition) is 4. The van der Waals surface area contributed by atoms with Crippen LogP contribution in [0, 0.1) is 6.92 Å². The molecular formula is C17H28BrN3O2. The first-order valence-electron chi connectivity index (χ1n) is 8.02. The Hall–Kier alpha value is -1.14. The van der Waals surface area contributed by atoms with Crippen molar-refractivity contribution in [3.05, 3.63) is 16.2 Å². The summed E-state index contributed by atoms with van der Waals surface area (Å²) in [5.41, 5.74) is 1.91. The lowest BCUT2D eigenvalue weighted by Gasteiger charge is -2.26. The predicted molar refractivity (Wildman–Crippen MR) is 99.9 cm³/mol. The Kier molecular flexibility index (Phi) is 8.55. The molecule has 0 aliphatic carbocycles. The van der Waals surface area contributed by atoms with Gasteiger partial charge in [0.05, 0.1) is 28.8 Å². The lowest BCUT2D eigenvalue weighted by atomic mass is 10.2. The Morgan fingerprint density at radius 3 is 2.65 bits per heavy atom. The standard InChI is InChI=1S/C17H28BrN3O2/c1-7-8-22-10-13(4)23-17-15(18)9-16(14(5)20-17)21(11-19-6)12(2)3/h9,11-13H,7-8,10H2,1-6H3. The largest absolute Gasteiger partial charge is 0.471 e. The van der Waals surface area contributed by atoms with Crippen LogP contribution in [0.1, 0.15) is 39.8 Å². The molecule has 0 fully saturated rings. The van der Waals surface area contributed by atoms with E-state index in [-0.39, 0.29) is 6.10 Å². The van der Waals surface area contributed by atoms with E-state index >= 15 is 0 Å². The lowest BCUT2D eigenvalue weighted by molar-refractivity contribution is 0.0563. The van der Waals surface area contributed by atoms with Crippen LogP contribution >= 0.6 is 15.9 Å². The minimum Gasteiger partial charge on any atom is -0.471 e. The quantitative estimate of drug-likeness (QED) is 0.362. The fraction of sp³-hybridized carbons (Fsp3) is 0.647. The molecule has 0 amide bonds. The number of pyridine rings is 1. The van der Waals surface area contributed by atoms with Crippen molar-refractivity contribution in [2.24, 2.45) is 4.99 Å². The summed E-state index contributed by atoms with van der Waals surface area (Å²) in [6.07, 6.45) is 2.78. The van der Waals surface area contributed by atoms with E-state index in [9.17, 15) is 0 Å². The molecule has 0 aliphatic rings. The Labute approximate surface area is 148 Å². The highest BCUT2D eigenvalue weighted by Gasteiger charge is 2.17. The minimum absolute atomic E-state index is 0.0472. The number of anilines is 1. The molecule has 0 saturated heterocycles. The zero-order chi connectivity index (χ0) is 17.4. The maximum Gasteiger partial charge on any atom is 0.228 e. The molecule has 0 aromatic carbocycles. The third-order valence-electron chi connectivity index (χ3n) is 3.20. The smallest absolute Gasteiger partial charge is 0.228 e. The molecule has 1 rings (SSSR count). The van der Waals surface area contributed by atoms with Crippen LogP contribution in [0.25, 0.3) is 0 Å². The van der Waals surface area contributed by atoms with Gasteiger partial charge in [0.2, 0.25) is 5.88 Å². The second-order valence-corrected chi connectivity index (χ2v) is 6.61. The summed E-state index contributed by atoms with van der Waals surface area (Å²) in [5.74, 6) is 0.594. The molecule has 0 bridgehead atoms. The summed E-state index contributed by atoms with van der Waals surface area (Å²) in [5, 5.41) is 0. The highest BCUT2D eigenvalue weighted by Crippen LogP contribution is 2.31. The van der Waals surface area contributed by atoms with Crippen molar-refractivity contribution in [2.45, 2.75) is 53.2 Å². The number of rotatable bonds is 9. The molecule has 5 nitrogen and oxygen atoms in total. The monoisotopic (exact) mass is 385 g/mol. The molecule has 1 unspecified atom stereocenters. The van der Waals surface area contributed by atoms with E-state index in [2.05, 4.69) is 51.6 Å². The van der Waals surface area contributed by atoms with Gasteiger partial charge in [-0.1, -0.05) is 6.92 Å². The molecular weight excluding hydrogens is 358 g/mol. The first-order chi connectivity index (χ1) is 10.9. The van der Waals surface area contributed by atoms with Crippen LogP contribution in [0.15, 0.2) is 15.5 Å². The molecule has 0 aliphatic heterocycles. The summed E-state index contributed by atoms with van der Waals surface area (Å²) in [4.78, 5) is 10.8. The lowest BCUT2D eigenvalue weighted by Crippen LogP contribution is -2.30. The van der Waals surface area contributed by atoms with Gasteiger partial charge >= 0.3 is 0 Å². The number of aryl methyl sites for hydroxylation is 1. The SMILES string of the molecule is CCCOCC(C)Oc1nc(C)c(N(C=NC)C(C)C)cc1Br. The molecule has 1 heterocycles. The van der Waals surface area contributed by atoms with Crippen LogP contribution in [0.2, 0.25) is 0 Å². The zero-order valence-corrected chi connectivity index (χ0v) is 16.6. The average Bonchev–Trinajstić information content (AvgIpc) is 2.48. The van der Waals surface area contributed by atoms with E-state index in [1.54, 1.807) is 7.05 Å². The van der Waals surface area contributed by atoms with E-state index < -0.39 is 0 Å². The predicted octanol–water partition coefficient (Wildman–Crippen LogP) is 4.22. The van der Waals surface area contributed by atoms with Gasteiger partial charge in [-0.05, 0) is 56.1 Å². The van der Waals surface area contributed by atoms with Gasteiger partial charge in [0.15, 0.2) is 0 Å². The summed E-state index contributed by atoms with van der Waals surface area (Å²) < 4.78 is 12.2. The molecule has 0 radical (unpaired) electrons. The van der Waals surface area contributed by atoms with Crippen molar-refractivity contribution < 1.29 is 9.47 Å². The van der Waals surface area contributed by atoms with E-state index in [4.69, 9.17) is 9.47 Å². The normalized spacial score (nSPS) is 12.9. The molecule has 1 aromatic heterocycles. The number of halogens is 1. The van der Waals surface area contributed by atoms with Gasteiger partial charge in [-0.3, -0.25) is 4.99 Å². The van der Waals surface area contributed by atoms with Gasteiger partial charge in [0, 0.05) is 19.7 Å². The summed E-state index contributed by atoms with van der Waals surface area (Å²) in [6.45, 7) is 11.6. The third kappa shape index (κ3) is 6.11. The van der Waals surface area contributed by atoms with Crippen LogP contribution in [0.3, 0.4) is 0 Å². The highest BCUT2D eigenvalue weighted by molar-refractivity contribution is 9.10. The van der Waals surface area contributed by atoms with Crippen LogP contribution in [0.5, 0.6) is 5.88 Å². The van der Waals surface area contributed by atoms with E-state index in [1.807, 2.05) is 26.3 Å². The molecule has 1 aromatic rings. The van der Waals surface area contributed by atoms with Crippen molar-refractivity contribution >= 4 is 28.0 Å². The van der Waals surface area contributed by atoms with E-state index in [0.29, 0.717) is 18.5 Å². The molecule has 6 heteroatoms. The van der Waals surface area contributed by atoms with Crippen LogP contribution < -0.4 is 9.64 Å². The number of nitrogens with zero attached hydrogens (tertiary/aromatic N) is 3. The van der Waals surface area contributed by atoms with Crippen LogP contribution in [0.4, 0.5) is 5.69 Å². The van der Waals surface area contributed by atoms with Gasteiger partial charge < -0.3 is 14.4 Å². The Bertz CT molecular complexity index is 521. The number of aliphatic imine (C=N–C) groups is 1. The Morgan fingerprint density at radius 2 is 2.09 bits per heavy atom. The van der Waals surface area contributed by atoms with Crippen molar-refractivity contribution in [3.8, 4) is 5.88 Å². The first-order valence-corrected chi connectivity index (χ1v) is 8.82. The maximum absolute atomic E-state index is 5.89. The van der Waals surface area contributed by atoms with Crippen molar-refractivity contribution in [1.29, 1.82) is 0 Å². The van der Waals surface area contributed by atoms with Crippen LogP contribution in [-0.2, 0) is 4.74 Å². The zero-order valence-electron chi connectivity index (χ0n) is 15.0. The van der Waals surface area contributed by atoms with Gasteiger partial charge in [0.25, 0.3) is 0 Å². The second-order valence-electron chi connectivity index (χ2n) is 5.76. The van der Waals surface area contributed by atoms with Crippen LogP contribution in [-0.4, -0.2) is 43.7 Å². The highest BCUT2D eigenvalue weighted by atomic mass is 79.9. The van der Waals surface area contributed by atoms with Crippen molar-refractivity contribution in [1.82, 2.24) is 4.98 Å². The fourth-order valence-corrected chi connectivity index (χ4v) is 2.51. The molecule has 23 heavy (non-hydrogen) atoms. The molecule has 0 N–H and O–H groups in total. The first kappa shape index (κ1) is 19.9. The third-order valence-corrected chi connectivity index (χ3v) is 3.76. The number of hydrogen-bond donors (Lipinski definition) is 0. The summed E-state index contributed by atoms with van der Waals surface area (Å²) in [6, 6.07) is 2.32. The van der Waals surface area contributed by atoms with Crippen molar-refractivity contribution in [2.75, 3.05) is 25.2 Å². The topological polar surface area (TPSA) is 47.0 Å². The van der Waals surface area contributed by atoms with Gasteiger partial charge in [0.1, 0.15) is 6.10 Å². The Morgan fingerprint density at radius 1 is 1.39 bits per heavy atom. The summed E-state index contributed by atoms with van der Waals surface area (Å²) >= 11 is 3.56. The average molecular weight is 386 g/mol. The number of aromatic nitrogens is 1. The van der Waals surface area contributed by atoms with Gasteiger partial charge in [-0.25, -0.2) is 4.98 Å². The molecule has 0 saturated carbocycles. The van der Waals surface area contributed by atoms with E-state index in [0.717, 1.165) is 28.9 Å². The minimum atomic E-state index is -0.0472. The molecule has 1 atom stereocenters.